The van der Waals surface area contributed by atoms with Crippen molar-refractivity contribution in [2.45, 2.75) is 26.7 Å². The summed E-state index contributed by atoms with van der Waals surface area (Å²) in [6, 6.07) is 11.5. The van der Waals surface area contributed by atoms with Crippen molar-refractivity contribution in [3.05, 3.63) is 58.9 Å². The zero-order chi connectivity index (χ0) is 15.5. The topological polar surface area (TPSA) is 15.6 Å². The molecule has 3 rings (SSSR count). The number of rotatable bonds is 3. The van der Waals surface area contributed by atoms with E-state index in [9.17, 15) is 4.39 Å². The number of nitrogens with zero attached hydrogens (tertiary/aromatic N) is 2. The third-order valence-corrected chi connectivity index (χ3v) is 4.14. The lowest BCUT2D eigenvalue weighted by molar-refractivity contribution is 0.623. The Bertz CT molecular complexity index is 701. The zero-order valence-electron chi connectivity index (χ0n) is 13.1. The molecular formula is C19H21FN2. The average Bonchev–Trinajstić information content (AvgIpc) is 3.02. The van der Waals surface area contributed by atoms with E-state index in [1.54, 1.807) is 12.3 Å². The Morgan fingerprint density at radius 1 is 1.05 bits per heavy atom. The highest BCUT2D eigenvalue weighted by Gasteiger charge is 2.15. The van der Waals surface area contributed by atoms with Crippen molar-refractivity contribution in [3.8, 4) is 0 Å². The second-order valence-corrected chi connectivity index (χ2v) is 5.95. The van der Waals surface area contributed by atoms with Gasteiger partial charge in [0, 0.05) is 19.3 Å². The third kappa shape index (κ3) is 3.19. The van der Waals surface area contributed by atoms with E-state index in [-0.39, 0.29) is 5.82 Å². The molecule has 3 heteroatoms. The van der Waals surface area contributed by atoms with Crippen molar-refractivity contribution in [3.63, 3.8) is 0 Å². The third-order valence-electron chi connectivity index (χ3n) is 4.14. The summed E-state index contributed by atoms with van der Waals surface area (Å²) in [7, 11) is 0. The highest BCUT2D eigenvalue weighted by molar-refractivity contribution is 5.83. The van der Waals surface area contributed by atoms with Crippen molar-refractivity contribution in [1.82, 2.24) is 0 Å². The van der Waals surface area contributed by atoms with E-state index >= 15 is 0 Å². The maximum absolute atomic E-state index is 14.3. The molecule has 1 heterocycles. The van der Waals surface area contributed by atoms with Gasteiger partial charge in [0.1, 0.15) is 5.82 Å². The summed E-state index contributed by atoms with van der Waals surface area (Å²) >= 11 is 0. The fourth-order valence-electron chi connectivity index (χ4n) is 2.82. The Morgan fingerprint density at radius 3 is 2.55 bits per heavy atom. The Balaban J connectivity index is 1.82. The van der Waals surface area contributed by atoms with Gasteiger partial charge in [-0.15, -0.1) is 0 Å². The molecule has 0 saturated carbocycles. The van der Waals surface area contributed by atoms with Gasteiger partial charge in [0.05, 0.1) is 11.4 Å². The minimum absolute atomic E-state index is 0.160. The Labute approximate surface area is 131 Å². The molecule has 114 valence electrons. The number of anilines is 1. The first-order valence-electron chi connectivity index (χ1n) is 7.79. The normalized spacial score (nSPS) is 15.0. The minimum atomic E-state index is -0.160. The molecule has 1 fully saturated rings. The predicted octanol–water partition coefficient (Wildman–Crippen LogP) is 4.79. The number of hydrogen-bond acceptors (Lipinski definition) is 2. The molecule has 1 saturated heterocycles. The standard InChI is InChI=1S/C19H21FN2/c1-14-5-6-15(2)18(11-14)21-13-16-7-8-19(17(20)12-16)22-9-3-4-10-22/h5-8,11-13H,3-4,9-10H2,1-2H3. The number of aryl methyl sites for hydroxylation is 2. The molecule has 0 atom stereocenters. The molecule has 0 N–H and O–H groups in total. The van der Waals surface area contributed by atoms with Gasteiger partial charge in [-0.05, 0) is 61.6 Å². The second-order valence-electron chi connectivity index (χ2n) is 5.95. The van der Waals surface area contributed by atoms with Crippen LogP contribution in [0, 0.1) is 19.7 Å². The first kappa shape index (κ1) is 14.8. The predicted molar refractivity (Wildman–Crippen MR) is 91.0 cm³/mol. The molecule has 0 spiro atoms. The van der Waals surface area contributed by atoms with Crippen molar-refractivity contribution in [2.75, 3.05) is 18.0 Å². The van der Waals surface area contributed by atoms with E-state index in [4.69, 9.17) is 0 Å². The lowest BCUT2D eigenvalue weighted by Gasteiger charge is -2.18. The summed E-state index contributed by atoms with van der Waals surface area (Å²) in [6.07, 6.45) is 4.03. The largest absolute Gasteiger partial charge is 0.369 e. The maximum Gasteiger partial charge on any atom is 0.147 e. The second kappa shape index (κ2) is 6.30. The molecule has 0 bridgehead atoms. The van der Waals surface area contributed by atoms with E-state index in [0.29, 0.717) is 5.69 Å². The Kier molecular flexibility index (Phi) is 4.23. The van der Waals surface area contributed by atoms with E-state index in [0.717, 1.165) is 42.7 Å². The lowest BCUT2D eigenvalue weighted by Crippen LogP contribution is -2.18. The average molecular weight is 296 g/mol. The maximum atomic E-state index is 14.3. The van der Waals surface area contributed by atoms with Gasteiger partial charge in [0.2, 0.25) is 0 Å². The summed E-state index contributed by atoms with van der Waals surface area (Å²) in [5.41, 5.74) is 4.73. The van der Waals surface area contributed by atoms with E-state index < -0.39 is 0 Å². The van der Waals surface area contributed by atoms with Crippen LogP contribution in [0.25, 0.3) is 0 Å². The fraction of sp³-hybridized carbons (Fsp3) is 0.316. The molecule has 0 unspecified atom stereocenters. The van der Waals surface area contributed by atoms with Gasteiger partial charge >= 0.3 is 0 Å². The summed E-state index contributed by atoms with van der Waals surface area (Å²) in [5.74, 6) is -0.160. The van der Waals surface area contributed by atoms with Crippen molar-refractivity contribution >= 4 is 17.6 Å². The summed E-state index contributed by atoms with van der Waals surface area (Å²) in [5, 5.41) is 0. The highest BCUT2D eigenvalue weighted by atomic mass is 19.1. The fourth-order valence-corrected chi connectivity index (χ4v) is 2.82. The number of halogens is 1. The van der Waals surface area contributed by atoms with Crippen LogP contribution >= 0.6 is 0 Å². The van der Waals surface area contributed by atoms with Gasteiger partial charge in [-0.25, -0.2) is 4.39 Å². The summed E-state index contributed by atoms with van der Waals surface area (Å²) in [4.78, 5) is 6.61. The molecule has 0 amide bonds. The number of benzene rings is 2. The highest BCUT2D eigenvalue weighted by Crippen LogP contribution is 2.24. The SMILES string of the molecule is Cc1ccc(C)c(N=Cc2ccc(N3CCCC3)c(F)c2)c1. The van der Waals surface area contributed by atoms with Crippen LogP contribution in [-0.4, -0.2) is 19.3 Å². The van der Waals surface area contributed by atoms with Crippen LogP contribution in [-0.2, 0) is 0 Å². The zero-order valence-corrected chi connectivity index (χ0v) is 13.1. The molecule has 2 aromatic carbocycles. The first-order chi connectivity index (χ1) is 10.6. The molecule has 2 aromatic rings. The van der Waals surface area contributed by atoms with Crippen molar-refractivity contribution in [1.29, 1.82) is 0 Å². The van der Waals surface area contributed by atoms with E-state index in [2.05, 4.69) is 22.0 Å². The van der Waals surface area contributed by atoms with Gasteiger partial charge in [0.15, 0.2) is 0 Å². The van der Waals surface area contributed by atoms with Gasteiger partial charge in [-0.3, -0.25) is 4.99 Å². The van der Waals surface area contributed by atoms with Crippen LogP contribution in [0.2, 0.25) is 0 Å². The molecule has 0 aliphatic carbocycles. The minimum Gasteiger partial charge on any atom is -0.369 e. The van der Waals surface area contributed by atoms with Crippen LogP contribution in [0.3, 0.4) is 0 Å². The summed E-state index contributed by atoms with van der Waals surface area (Å²) < 4.78 is 14.3. The van der Waals surface area contributed by atoms with E-state index in [1.165, 1.54) is 5.56 Å². The number of hydrogen-bond donors (Lipinski definition) is 0. The van der Waals surface area contributed by atoms with Gasteiger partial charge in [-0.2, -0.15) is 0 Å². The first-order valence-corrected chi connectivity index (χ1v) is 7.79. The molecule has 22 heavy (non-hydrogen) atoms. The summed E-state index contributed by atoms with van der Waals surface area (Å²) in [6.45, 7) is 5.98. The molecular weight excluding hydrogens is 275 g/mol. The molecule has 0 aromatic heterocycles. The van der Waals surface area contributed by atoms with Gasteiger partial charge < -0.3 is 4.90 Å². The van der Waals surface area contributed by atoms with Crippen LogP contribution in [0.4, 0.5) is 15.8 Å². The van der Waals surface area contributed by atoms with Crippen LogP contribution in [0.5, 0.6) is 0 Å². The Morgan fingerprint density at radius 2 is 1.82 bits per heavy atom. The smallest absolute Gasteiger partial charge is 0.147 e. The molecule has 0 radical (unpaired) electrons. The van der Waals surface area contributed by atoms with Crippen LogP contribution < -0.4 is 4.90 Å². The van der Waals surface area contributed by atoms with Gasteiger partial charge in [0.25, 0.3) is 0 Å². The molecule has 1 aliphatic rings. The van der Waals surface area contributed by atoms with Gasteiger partial charge in [-0.1, -0.05) is 18.2 Å². The number of aliphatic imine (C=N–C) groups is 1. The monoisotopic (exact) mass is 296 g/mol. The quantitative estimate of drug-likeness (QED) is 0.743. The van der Waals surface area contributed by atoms with Crippen molar-refractivity contribution in [2.24, 2.45) is 4.99 Å². The Hall–Kier alpha value is -2.16. The molecule has 2 nitrogen and oxygen atoms in total. The molecule has 1 aliphatic heterocycles. The van der Waals surface area contributed by atoms with E-state index in [1.807, 2.05) is 32.0 Å². The lowest BCUT2D eigenvalue weighted by atomic mass is 10.1. The van der Waals surface area contributed by atoms with Crippen LogP contribution in [0.15, 0.2) is 41.4 Å². The van der Waals surface area contributed by atoms with Crippen LogP contribution in [0.1, 0.15) is 29.5 Å². The van der Waals surface area contributed by atoms with Crippen molar-refractivity contribution < 1.29 is 4.39 Å².